The van der Waals surface area contributed by atoms with Crippen LogP contribution in [-0.4, -0.2) is 42.7 Å². The second kappa shape index (κ2) is 7.35. The van der Waals surface area contributed by atoms with Crippen molar-refractivity contribution in [3.63, 3.8) is 0 Å². The number of pyridine rings is 1. The number of aromatic nitrogens is 6. The van der Waals surface area contributed by atoms with Gasteiger partial charge in [0.2, 0.25) is 0 Å². The molecule has 0 atom stereocenters. The Labute approximate surface area is 141 Å². The summed E-state index contributed by atoms with van der Waals surface area (Å²) in [7, 11) is 1.93. The highest BCUT2D eigenvalue weighted by molar-refractivity contribution is 5.48. The van der Waals surface area contributed by atoms with Crippen molar-refractivity contribution in [2.75, 3.05) is 13.2 Å². The van der Waals surface area contributed by atoms with Gasteiger partial charge in [0.05, 0.1) is 18.8 Å². The Bertz CT molecular complexity index is 793. The van der Waals surface area contributed by atoms with Crippen LogP contribution >= 0.6 is 0 Å². The van der Waals surface area contributed by atoms with Crippen LogP contribution in [0.3, 0.4) is 0 Å². The maximum atomic E-state index is 5.46. The van der Waals surface area contributed by atoms with E-state index in [0.29, 0.717) is 32.0 Å². The van der Waals surface area contributed by atoms with Crippen molar-refractivity contribution in [1.82, 2.24) is 29.5 Å². The van der Waals surface area contributed by atoms with Gasteiger partial charge in [-0.2, -0.15) is 5.10 Å². The molecule has 3 rings (SSSR count). The fourth-order valence-corrected chi connectivity index (χ4v) is 2.58. The molecule has 3 heterocycles. The van der Waals surface area contributed by atoms with Crippen LogP contribution in [-0.2, 0) is 24.8 Å². The topological polar surface area (TPSA) is 70.7 Å². The molecule has 3 aromatic heterocycles. The summed E-state index contributed by atoms with van der Waals surface area (Å²) in [5.74, 6) is 1.54. The molecule has 0 aliphatic heterocycles. The molecular weight excluding hydrogens is 304 g/mol. The van der Waals surface area contributed by atoms with Crippen molar-refractivity contribution in [3.8, 4) is 11.5 Å². The minimum absolute atomic E-state index is 0.612. The van der Waals surface area contributed by atoms with Crippen LogP contribution in [0.2, 0.25) is 0 Å². The molecule has 24 heavy (non-hydrogen) atoms. The maximum Gasteiger partial charge on any atom is 0.200 e. The zero-order chi connectivity index (χ0) is 16.9. The van der Waals surface area contributed by atoms with Gasteiger partial charge in [-0.25, -0.2) is 9.67 Å². The van der Waals surface area contributed by atoms with Crippen LogP contribution in [0.4, 0.5) is 0 Å². The Morgan fingerprint density at radius 3 is 2.75 bits per heavy atom. The third kappa shape index (κ3) is 3.68. The number of rotatable bonds is 7. The molecular formula is C17H22N6O. The fourth-order valence-electron chi connectivity index (χ4n) is 2.58. The number of aryl methyl sites for hydroxylation is 2. The lowest BCUT2D eigenvalue weighted by Crippen LogP contribution is -2.11. The van der Waals surface area contributed by atoms with Crippen LogP contribution in [0.15, 0.2) is 30.6 Å². The van der Waals surface area contributed by atoms with Gasteiger partial charge in [0.1, 0.15) is 11.5 Å². The van der Waals surface area contributed by atoms with Crippen LogP contribution in [0.5, 0.6) is 0 Å². The average Bonchev–Trinajstić information content (AvgIpc) is 3.12. The van der Waals surface area contributed by atoms with Gasteiger partial charge in [-0.15, -0.1) is 5.10 Å². The first-order chi connectivity index (χ1) is 11.7. The Kier molecular flexibility index (Phi) is 5.00. The molecule has 3 aromatic rings. The van der Waals surface area contributed by atoms with Gasteiger partial charge in [-0.3, -0.25) is 9.67 Å². The lowest BCUT2D eigenvalue weighted by molar-refractivity contribution is 0.135. The Balaban J connectivity index is 1.90. The number of nitrogens with zero attached hydrogens (tertiary/aromatic N) is 6. The van der Waals surface area contributed by atoms with Gasteiger partial charge in [0, 0.05) is 38.0 Å². The molecule has 0 unspecified atom stereocenters. The van der Waals surface area contributed by atoms with Gasteiger partial charge in [0.25, 0.3) is 0 Å². The van der Waals surface area contributed by atoms with E-state index in [4.69, 9.17) is 9.72 Å². The first-order valence-corrected chi connectivity index (χ1v) is 8.09. The lowest BCUT2D eigenvalue weighted by atomic mass is 10.2. The van der Waals surface area contributed by atoms with Crippen molar-refractivity contribution >= 4 is 0 Å². The molecule has 0 fully saturated rings. The van der Waals surface area contributed by atoms with E-state index in [1.807, 2.05) is 54.7 Å². The first-order valence-electron chi connectivity index (χ1n) is 8.09. The molecule has 0 spiro atoms. The molecule has 0 radical (unpaired) electrons. The van der Waals surface area contributed by atoms with Crippen molar-refractivity contribution < 1.29 is 4.74 Å². The Hall–Kier alpha value is -2.54. The summed E-state index contributed by atoms with van der Waals surface area (Å²) in [6.07, 6.45) is 4.46. The normalized spacial score (nSPS) is 11.1. The molecule has 7 nitrogen and oxygen atoms in total. The second-order valence-electron chi connectivity index (χ2n) is 5.58. The predicted octanol–water partition coefficient (Wildman–Crippen LogP) is 2.01. The van der Waals surface area contributed by atoms with Crippen LogP contribution < -0.4 is 0 Å². The van der Waals surface area contributed by atoms with E-state index in [1.54, 1.807) is 6.20 Å². The molecule has 0 amide bonds. The Morgan fingerprint density at radius 1 is 1.21 bits per heavy atom. The van der Waals surface area contributed by atoms with E-state index in [0.717, 1.165) is 22.8 Å². The van der Waals surface area contributed by atoms with E-state index in [2.05, 4.69) is 15.2 Å². The van der Waals surface area contributed by atoms with Crippen LogP contribution in [0.25, 0.3) is 11.5 Å². The van der Waals surface area contributed by atoms with Crippen LogP contribution in [0, 0.1) is 6.92 Å². The zero-order valence-corrected chi connectivity index (χ0v) is 14.3. The first kappa shape index (κ1) is 16.3. The second-order valence-corrected chi connectivity index (χ2v) is 5.58. The van der Waals surface area contributed by atoms with Gasteiger partial charge in [-0.05, 0) is 26.0 Å². The van der Waals surface area contributed by atoms with Gasteiger partial charge in [-0.1, -0.05) is 6.07 Å². The molecule has 126 valence electrons. The lowest BCUT2D eigenvalue weighted by Gasteiger charge is -2.05. The van der Waals surface area contributed by atoms with Gasteiger partial charge < -0.3 is 4.74 Å². The van der Waals surface area contributed by atoms with Crippen molar-refractivity contribution in [1.29, 1.82) is 0 Å². The standard InChI is InChI=1S/C17H22N6O/c1-4-24-10-9-23-16(11-14-12-22(3)20-13(14)2)19-17(21-23)15-7-5-6-8-18-15/h5-8,12H,4,9-11H2,1-3H3. The average molecular weight is 326 g/mol. The monoisotopic (exact) mass is 326 g/mol. The van der Waals surface area contributed by atoms with Crippen molar-refractivity contribution in [2.24, 2.45) is 7.05 Å². The zero-order valence-electron chi connectivity index (χ0n) is 14.3. The molecule has 0 aliphatic rings. The number of hydrogen-bond acceptors (Lipinski definition) is 5. The summed E-state index contributed by atoms with van der Waals surface area (Å²) in [4.78, 5) is 9.04. The molecule has 0 saturated heterocycles. The van der Waals surface area contributed by atoms with Crippen molar-refractivity contribution in [2.45, 2.75) is 26.8 Å². The molecule has 0 aromatic carbocycles. The number of hydrogen-bond donors (Lipinski definition) is 0. The summed E-state index contributed by atoms with van der Waals surface area (Å²) < 4.78 is 9.20. The number of ether oxygens (including phenoxy) is 1. The summed E-state index contributed by atoms with van der Waals surface area (Å²) >= 11 is 0. The van der Waals surface area contributed by atoms with Crippen LogP contribution in [0.1, 0.15) is 24.0 Å². The molecule has 0 N–H and O–H groups in total. The Morgan fingerprint density at radius 2 is 2.08 bits per heavy atom. The SMILES string of the molecule is CCOCCn1nc(-c2ccccn2)nc1Cc1cn(C)nc1C. The van der Waals surface area contributed by atoms with E-state index in [-0.39, 0.29) is 0 Å². The third-order valence-corrected chi connectivity index (χ3v) is 3.76. The molecule has 7 heteroatoms. The van der Waals surface area contributed by atoms with Gasteiger partial charge in [0.15, 0.2) is 5.82 Å². The van der Waals surface area contributed by atoms with Gasteiger partial charge >= 0.3 is 0 Å². The smallest absolute Gasteiger partial charge is 0.200 e. The highest BCUT2D eigenvalue weighted by atomic mass is 16.5. The van der Waals surface area contributed by atoms with Crippen molar-refractivity contribution in [3.05, 3.63) is 47.7 Å². The summed E-state index contributed by atoms with van der Waals surface area (Å²) in [6, 6.07) is 5.74. The highest BCUT2D eigenvalue weighted by Crippen LogP contribution is 2.16. The van der Waals surface area contributed by atoms with E-state index in [9.17, 15) is 0 Å². The summed E-state index contributed by atoms with van der Waals surface area (Å²) in [5.41, 5.74) is 2.93. The predicted molar refractivity (Wildman–Crippen MR) is 90.5 cm³/mol. The van der Waals surface area contributed by atoms with E-state index in [1.165, 1.54) is 0 Å². The fraction of sp³-hybridized carbons (Fsp3) is 0.412. The molecule has 0 aliphatic carbocycles. The largest absolute Gasteiger partial charge is 0.380 e. The highest BCUT2D eigenvalue weighted by Gasteiger charge is 2.15. The minimum Gasteiger partial charge on any atom is -0.380 e. The molecule has 0 saturated carbocycles. The molecule has 0 bridgehead atoms. The third-order valence-electron chi connectivity index (χ3n) is 3.76. The van der Waals surface area contributed by atoms with E-state index < -0.39 is 0 Å². The van der Waals surface area contributed by atoms with E-state index >= 15 is 0 Å². The summed E-state index contributed by atoms with van der Waals surface area (Å²) in [5, 5.41) is 9.02. The summed E-state index contributed by atoms with van der Waals surface area (Å²) in [6.45, 7) is 5.97. The maximum absolute atomic E-state index is 5.46. The quantitative estimate of drug-likeness (QED) is 0.621. The minimum atomic E-state index is 0.612.